The number of primary amides is 1. The zero-order chi connectivity index (χ0) is 94.9. The summed E-state index contributed by atoms with van der Waals surface area (Å²) in [7, 11) is 29.6. The molecule has 24 nitrogen and oxygen atoms in total. The summed E-state index contributed by atoms with van der Waals surface area (Å²) in [6.07, 6.45) is 27.9. The molecule has 6 fully saturated rings. The number of benzene rings is 6. The second-order valence-electron chi connectivity index (χ2n) is 30.9. The largest absolute Gasteiger partial charge is 0.478 e. The van der Waals surface area contributed by atoms with Crippen LogP contribution in [0.1, 0.15) is 262 Å². The summed E-state index contributed by atoms with van der Waals surface area (Å²) < 4.78 is 41.4. The number of carboxylic acid groups (broad SMARTS) is 1. The molecule has 720 valence electrons. The van der Waals surface area contributed by atoms with Crippen LogP contribution in [0.5, 0.6) is 34.5 Å². The van der Waals surface area contributed by atoms with Crippen molar-refractivity contribution in [3.05, 3.63) is 179 Å². The molecule has 6 unspecified atom stereocenters. The highest BCUT2D eigenvalue weighted by Gasteiger charge is 2.26. The van der Waals surface area contributed by atoms with Crippen molar-refractivity contribution < 1.29 is 101 Å². The molecule has 12 rings (SSSR count). The van der Waals surface area contributed by atoms with Gasteiger partial charge >= 0.3 is 53.7 Å². The molecule has 0 aromatic heterocycles. The van der Waals surface area contributed by atoms with Gasteiger partial charge < -0.3 is 59.0 Å². The number of hydrogen-bond donors (Lipinski definition) is 3. The molecule has 6 aromatic carbocycles. The monoisotopic (exact) mass is 2040 g/mol. The molecule has 0 radical (unpaired) electrons. The lowest BCUT2D eigenvalue weighted by atomic mass is 10.1. The zero-order valence-electron chi connectivity index (χ0n) is 75.5. The number of methoxy groups -OCH3 is 1. The number of nitrogens with two attached hydrogens (primary N) is 1. The number of rotatable bonds is 43. The quantitative estimate of drug-likeness (QED) is 0.0138. The molecule has 0 aliphatic carbocycles. The van der Waals surface area contributed by atoms with Gasteiger partial charge in [0, 0.05) is 126 Å². The predicted molar refractivity (Wildman–Crippen MR) is 548 cm³/mol. The van der Waals surface area contributed by atoms with Crippen molar-refractivity contribution in [2.75, 3.05) is 69.4 Å². The van der Waals surface area contributed by atoms with Crippen LogP contribution in [0.2, 0.25) is 0 Å². The first kappa shape index (κ1) is 112. The summed E-state index contributed by atoms with van der Waals surface area (Å²) >= 11 is 0. The fourth-order valence-corrected chi connectivity index (χ4v) is 31.6. The molecule has 0 saturated carbocycles. The lowest BCUT2D eigenvalue weighted by Gasteiger charge is -2.14. The van der Waals surface area contributed by atoms with Gasteiger partial charge in [0.15, 0.2) is 0 Å². The van der Waals surface area contributed by atoms with Crippen LogP contribution in [0.25, 0.3) is 0 Å². The van der Waals surface area contributed by atoms with Gasteiger partial charge in [-0.05, 0) is 195 Å². The van der Waals surface area contributed by atoms with Crippen molar-refractivity contribution in [2.24, 2.45) is 5.73 Å². The Morgan fingerprint density at radius 1 is 0.341 bits per heavy atom. The van der Waals surface area contributed by atoms with Gasteiger partial charge in [0.05, 0.1) is 30.4 Å². The number of esters is 8. The minimum atomic E-state index is -1.09. The third kappa shape index (κ3) is 45.0. The topological polar surface area (TPSA) is 340 Å². The van der Waals surface area contributed by atoms with Crippen LogP contribution >= 0.6 is 130 Å². The van der Waals surface area contributed by atoms with E-state index < -0.39 is 23.8 Å². The van der Waals surface area contributed by atoms with Crippen LogP contribution in [0.15, 0.2) is 146 Å². The maximum Gasteiger partial charge on any atom is 0.341 e. The summed E-state index contributed by atoms with van der Waals surface area (Å²) in [5.74, 6) is 4.15. The number of unbranched alkanes of at least 4 members (excludes halogenated alkanes) is 6. The van der Waals surface area contributed by atoms with Crippen molar-refractivity contribution >= 4 is 201 Å². The number of amides is 3. The maximum absolute atomic E-state index is 12.1. The van der Waals surface area contributed by atoms with Crippen molar-refractivity contribution in [3.8, 4) is 34.5 Å². The Kier molecular flexibility index (Phi) is 56.6. The summed E-state index contributed by atoms with van der Waals surface area (Å²) in [4.78, 5) is 142. The number of carboxylic acids is 1. The number of nitrogens with one attached hydrogen (secondary N) is 1. The van der Waals surface area contributed by atoms with E-state index in [4.69, 9.17) is 44.0 Å². The van der Waals surface area contributed by atoms with Gasteiger partial charge in [0.2, 0.25) is 0 Å². The van der Waals surface area contributed by atoms with E-state index in [9.17, 15) is 57.5 Å². The molecule has 6 aromatic rings. The average Bonchev–Trinajstić information content (AvgIpc) is 1.81. The van der Waals surface area contributed by atoms with Gasteiger partial charge in [-0.15, -0.1) is 0 Å². The summed E-state index contributed by atoms with van der Waals surface area (Å²) in [6, 6.07) is 39.8. The van der Waals surface area contributed by atoms with E-state index in [2.05, 4.69) is 10.1 Å². The Bertz CT molecular complexity index is 4370. The van der Waals surface area contributed by atoms with Gasteiger partial charge in [-0.3, -0.25) is 43.2 Å². The minimum Gasteiger partial charge on any atom is -0.478 e. The second kappa shape index (κ2) is 66.6. The molecule has 132 heavy (non-hydrogen) atoms. The molecular formula is C96H123N3O21S12. The molecule has 36 heteroatoms. The van der Waals surface area contributed by atoms with Gasteiger partial charge in [0.1, 0.15) is 51.2 Å². The first-order valence-electron chi connectivity index (χ1n) is 44.7. The number of nitrogens with zero attached hydrogens (tertiary/aromatic N) is 1. The van der Waals surface area contributed by atoms with Crippen molar-refractivity contribution in [1.29, 1.82) is 0 Å². The van der Waals surface area contributed by atoms with Crippen LogP contribution in [0.4, 0.5) is 0 Å². The number of ether oxygens (including phenoxy) is 8. The Hall–Kier alpha value is -6.84. The molecule has 6 aliphatic rings. The standard InChI is InChI=1S/C17H23NO3S2.C17H22O4S2.C16H21NO3S2.C16H20O4S2.C15H19NO3S2.C15H18O4S2/c1-18(2)17(20)14-8-4-5-9-15(14)21-16(19)10-6-3-7-13-11-12-22-23-13;1-2-20-17(19)14-8-4-5-9-15(14)21-16(18)10-6-3-7-13-11-12-22-23-13;1-17-16(19)13-7-3-4-8-14(13)20-15(18)9-5-2-6-12-10-11-21-22-12;1-19-16(18)13-7-3-4-8-14(13)20-15(17)9-5-2-6-12-10-11-21-22-12;16-15(18)12-6-2-3-7-13(12)19-14(17)8-4-1-5-11-9-10-20-21-11;16-14(8-4-1-5-11-9-10-20-21-11)19-13-7-3-2-6-12(13)15(17)18/h4-5,8-9,13H,3,6-7,10-12H2,1-2H3;4-5,8-9,13H,2-3,6-7,10-12H2,1H3;3-4,7-8,12H,2,5-6,9-11H2,1H3,(H,17,19);3-4,7-8,12H,2,5-6,9-11H2,1H3;2-3,6-7,11H,1,4-5,8-10H2,(H2,16,18);2-3,6-7,11H,1,4-5,8-10H2,(H,17,18). The number of aromatic carboxylic acids is 1. The van der Waals surface area contributed by atoms with E-state index in [1.54, 1.807) is 162 Å². The molecule has 0 bridgehead atoms. The number of carbonyl (C=O) groups excluding carboxylic acids is 11. The number of carbonyl (C=O) groups is 12. The van der Waals surface area contributed by atoms with Gasteiger partial charge in [-0.25, -0.2) is 14.4 Å². The van der Waals surface area contributed by atoms with E-state index in [0.29, 0.717) is 73.3 Å². The molecule has 3 amide bonds. The molecule has 6 atom stereocenters. The first-order chi connectivity index (χ1) is 64.0. The second-order valence-corrected chi connectivity index (χ2v) is 47.7. The maximum atomic E-state index is 12.1. The molecule has 6 aliphatic heterocycles. The number of para-hydroxylation sites is 6. The first-order valence-corrected chi connectivity index (χ1v) is 59.0. The summed E-state index contributed by atoms with van der Waals surface area (Å²) in [5.41, 5.74) is 6.88. The van der Waals surface area contributed by atoms with E-state index in [0.717, 1.165) is 134 Å². The number of hydrogen-bond acceptors (Lipinski definition) is 32. The normalized spacial score (nSPS) is 17.3. The van der Waals surface area contributed by atoms with Gasteiger partial charge in [0.25, 0.3) is 17.7 Å². The van der Waals surface area contributed by atoms with Crippen LogP contribution in [-0.2, 0) is 38.2 Å². The van der Waals surface area contributed by atoms with Gasteiger partial charge in [-0.1, -0.05) is 241 Å². The third-order valence-corrected chi connectivity index (χ3v) is 38.5. The third-order valence-electron chi connectivity index (χ3n) is 20.5. The Labute approximate surface area is 824 Å². The van der Waals surface area contributed by atoms with Crippen LogP contribution < -0.4 is 39.5 Å². The summed E-state index contributed by atoms with van der Waals surface area (Å²) in [6.45, 7) is 2.03. The Morgan fingerprint density at radius 2 is 0.576 bits per heavy atom. The lowest BCUT2D eigenvalue weighted by molar-refractivity contribution is -0.135. The molecule has 4 N–H and O–H groups in total. The predicted octanol–water partition coefficient (Wildman–Crippen LogP) is 23.7. The van der Waals surface area contributed by atoms with E-state index >= 15 is 0 Å². The van der Waals surface area contributed by atoms with E-state index in [1.807, 2.05) is 130 Å². The molecule has 6 heterocycles. The molecule has 6 saturated heterocycles. The van der Waals surface area contributed by atoms with Crippen LogP contribution in [0, 0.1) is 0 Å². The Morgan fingerprint density at radius 3 is 0.826 bits per heavy atom. The zero-order valence-corrected chi connectivity index (χ0v) is 85.3. The van der Waals surface area contributed by atoms with Crippen molar-refractivity contribution in [3.63, 3.8) is 0 Å². The molecule has 0 spiro atoms. The van der Waals surface area contributed by atoms with Crippen LogP contribution in [-0.4, -0.2) is 182 Å². The smallest absolute Gasteiger partial charge is 0.341 e. The van der Waals surface area contributed by atoms with Crippen molar-refractivity contribution in [1.82, 2.24) is 10.2 Å². The fourth-order valence-electron chi connectivity index (χ4n) is 13.4. The minimum absolute atomic E-state index is 0.0187. The van der Waals surface area contributed by atoms with Crippen molar-refractivity contribution in [2.45, 2.75) is 231 Å². The lowest BCUT2D eigenvalue weighted by Crippen LogP contribution is -2.23. The molecular weight excluding hydrogens is 1920 g/mol. The highest BCUT2D eigenvalue weighted by molar-refractivity contribution is 8.78. The fraction of sp³-hybridized carbons (Fsp3) is 0.500. The Balaban J connectivity index is 0.000000216. The highest BCUT2D eigenvalue weighted by Crippen LogP contribution is 2.45. The average molecular weight is 2040 g/mol. The SMILES string of the molecule is CCOC(=O)c1ccccc1OC(=O)CCCCC1CCSS1.CN(C)C(=O)c1ccccc1OC(=O)CCCCC1CCSS1.CNC(=O)c1ccccc1OC(=O)CCCCC1CCSS1.COC(=O)c1ccccc1OC(=O)CCCCC1CCSS1.NC(=O)c1ccccc1OC(=O)CCCCC1CCSS1.O=C(CCCCC1CCSS1)Oc1ccccc1C(=O)O. The van der Waals surface area contributed by atoms with Gasteiger partial charge in [-0.2, -0.15) is 0 Å². The van der Waals surface area contributed by atoms with E-state index in [1.165, 1.54) is 110 Å². The van der Waals surface area contributed by atoms with E-state index in [-0.39, 0.29) is 87.3 Å². The highest BCUT2D eigenvalue weighted by atomic mass is 33.1. The summed E-state index contributed by atoms with van der Waals surface area (Å²) in [5, 5.41) is 16.0. The van der Waals surface area contributed by atoms with Crippen LogP contribution in [0.3, 0.4) is 0 Å².